The highest BCUT2D eigenvalue weighted by atomic mass is 16.3. The van der Waals surface area contributed by atoms with Gasteiger partial charge in [0, 0.05) is 5.56 Å². The molecule has 0 aliphatic heterocycles. The van der Waals surface area contributed by atoms with Gasteiger partial charge in [0.15, 0.2) is 12.6 Å². The van der Waals surface area contributed by atoms with Gasteiger partial charge in [0.1, 0.15) is 17.2 Å². The standard InChI is InChI=1S/C25H34O6/c1-13-6-7-18(25(5)9-8-15(10-19(13)25)24(3,4)31)14(2)20-22(29)16(11-26)21(28)17(12-27)23(20)30/h11-12,14-15,18-19,28-31H,1,6-10H2,2-5H3/t14?,15-,18+,19+,25+/m0/s1. The molecule has 2 fully saturated rings. The summed E-state index contributed by atoms with van der Waals surface area (Å²) < 4.78 is 0. The van der Waals surface area contributed by atoms with Gasteiger partial charge < -0.3 is 20.4 Å². The summed E-state index contributed by atoms with van der Waals surface area (Å²) in [6, 6.07) is 0. The van der Waals surface area contributed by atoms with E-state index in [-0.39, 0.29) is 45.8 Å². The van der Waals surface area contributed by atoms with Crippen molar-refractivity contribution in [1.82, 2.24) is 0 Å². The van der Waals surface area contributed by atoms with Crippen LogP contribution in [-0.4, -0.2) is 38.6 Å². The molecule has 0 spiro atoms. The number of allylic oxidation sites excluding steroid dienone is 1. The molecule has 31 heavy (non-hydrogen) atoms. The van der Waals surface area contributed by atoms with Gasteiger partial charge in [0.25, 0.3) is 0 Å². The molecular weight excluding hydrogens is 396 g/mol. The Bertz CT molecular complexity index is 877. The molecule has 0 heterocycles. The first-order valence-electron chi connectivity index (χ1n) is 11.0. The summed E-state index contributed by atoms with van der Waals surface area (Å²) in [6.07, 6.45) is 4.75. The summed E-state index contributed by atoms with van der Waals surface area (Å²) in [4.78, 5) is 23.0. The third-order valence-corrected chi connectivity index (χ3v) is 8.29. The normalized spacial score (nSPS) is 29.8. The zero-order chi connectivity index (χ0) is 23.3. The summed E-state index contributed by atoms with van der Waals surface area (Å²) in [7, 11) is 0. The Kier molecular flexibility index (Phi) is 6.00. The number of aromatic hydroxyl groups is 3. The van der Waals surface area contributed by atoms with Crippen LogP contribution >= 0.6 is 0 Å². The quantitative estimate of drug-likeness (QED) is 0.398. The van der Waals surface area contributed by atoms with Crippen LogP contribution in [0.3, 0.4) is 0 Å². The van der Waals surface area contributed by atoms with E-state index in [1.165, 1.54) is 5.57 Å². The fraction of sp³-hybridized carbons (Fsp3) is 0.600. The number of rotatable bonds is 5. The average Bonchev–Trinajstić information content (AvgIpc) is 2.67. The summed E-state index contributed by atoms with van der Waals surface area (Å²) >= 11 is 0. The molecule has 1 aromatic rings. The molecule has 170 valence electrons. The SMILES string of the molecule is C=C1CC[C@H](C(C)c2c(O)c(C=O)c(O)c(C=O)c2O)[C@@]2(C)CC[C@H](C(C)(C)O)C[C@H]12. The van der Waals surface area contributed by atoms with Crippen molar-refractivity contribution in [2.75, 3.05) is 0 Å². The van der Waals surface area contributed by atoms with E-state index in [2.05, 4.69) is 13.5 Å². The van der Waals surface area contributed by atoms with E-state index in [9.17, 15) is 30.0 Å². The number of hydrogen-bond acceptors (Lipinski definition) is 6. The maximum absolute atomic E-state index is 11.5. The predicted octanol–water partition coefficient (Wildman–Crippen LogP) is 4.69. The van der Waals surface area contributed by atoms with Crippen LogP contribution in [0.4, 0.5) is 0 Å². The van der Waals surface area contributed by atoms with Crippen LogP contribution in [0.25, 0.3) is 0 Å². The molecule has 0 bridgehead atoms. The van der Waals surface area contributed by atoms with Gasteiger partial charge in [-0.15, -0.1) is 0 Å². The van der Waals surface area contributed by atoms with Crippen molar-refractivity contribution < 1.29 is 30.0 Å². The maximum atomic E-state index is 11.5. The molecule has 6 heteroatoms. The van der Waals surface area contributed by atoms with Crippen molar-refractivity contribution in [2.45, 2.75) is 71.3 Å². The number of phenols is 3. The molecule has 0 aromatic heterocycles. The minimum atomic E-state index is -0.772. The van der Waals surface area contributed by atoms with E-state index in [1.54, 1.807) is 0 Å². The van der Waals surface area contributed by atoms with Gasteiger partial charge in [0.2, 0.25) is 0 Å². The summed E-state index contributed by atoms with van der Waals surface area (Å²) in [5, 5.41) is 42.2. The van der Waals surface area contributed by atoms with Crippen molar-refractivity contribution in [3.63, 3.8) is 0 Å². The van der Waals surface area contributed by atoms with Crippen LogP contribution in [0.1, 0.15) is 92.0 Å². The highest BCUT2D eigenvalue weighted by Gasteiger charge is 2.52. The fourth-order valence-electron chi connectivity index (χ4n) is 6.34. The molecule has 2 saturated carbocycles. The molecule has 6 nitrogen and oxygen atoms in total. The summed E-state index contributed by atoms with van der Waals surface area (Å²) in [5.74, 6) is -1.62. The summed E-state index contributed by atoms with van der Waals surface area (Å²) in [5.41, 5.74) is -0.407. The van der Waals surface area contributed by atoms with Gasteiger partial charge in [-0.3, -0.25) is 9.59 Å². The van der Waals surface area contributed by atoms with E-state index in [0.717, 1.165) is 32.1 Å². The Hall–Kier alpha value is -2.34. The molecule has 2 aliphatic rings. The van der Waals surface area contributed by atoms with Crippen LogP contribution in [-0.2, 0) is 0 Å². The zero-order valence-corrected chi connectivity index (χ0v) is 18.8. The molecule has 1 unspecified atom stereocenters. The van der Waals surface area contributed by atoms with E-state index < -0.39 is 22.8 Å². The monoisotopic (exact) mass is 430 g/mol. The molecule has 4 N–H and O–H groups in total. The molecular formula is C25H34O6. The van der Waals surface area contributed by atoms with Crippen molar-refractivity contribution in [1.29, 1.82) is 0 Å². The zero-order valence-electron chi connectivity index (χ0n) is 18.8. The highest BCUT2D eigenvalue weighted by Crippen LogP contribution is 2.62. The van der Waals surface area contributed by atoms with Gasteiger partial charge in [0.05, 0.1) is 16.7 Å². The molecule has 3 rings (SSSR count). The lowest BCUT2D eigenvalue weighted by Crippen LogP contribution is -2.49. The van der Waals surface area contributed by atoms with Crippen molar-refractivity contribution in [3.8, 4) is 17.2 Å². The second-order valence-corrected chi connectivity index (χ2v) is 10.3. The molecule has 0 amide bonds. The van der Waals surface area contributed by atoms with Crippen molar-refractivity contribution in [2.24, 2.45) is 23.2 Å². The van der Waals surface area contributed by atoms with E-state index >= 15 is 0 Å². The number of fused-ring (bicyclic) bond motifs is 1. The van der Waals surface area contributed by atoms with E-state index in [4.69, 9.17) is 0 Å². The number of carbonyl (C=O) groups is 2. The summed E-state index contributed by atoms with van der Waals surface area (Å²) in [6.45, 7) is 12.1. The van der Waals surface area contributed by atoms with Gasteiger partial charge >= 0.3 is 0 Å². The largest absolute Gasteiger partial charge is 0.507 e. The molecule has 2 aliphatic carbocycles. The lowest BCUT2D eigenvalue weighted by Gasteiger charge is -2.56. The Morgan fingerprint density at radius 3 is 2.10 bits per heavy atom. The van der Waals surface area contributed by atoms with Gasteiger partial charge in [-0.2, -0.15) is 0 Å². The minimum Gasteiger partial charge on any atom is -0.507 e. The average molecular weight is 431 g/mol. The number of phenolic OH excluding ortho intramolecular Hbond substituents is 3. The first-order chi connectivity index (χ1) is 14.4. The van der Waals surface area contributed by atoms with Crippen LogP contribution < -0.4 is 0 Å². The third-order valence-electron chi connectivity index (χ3n) is 8.29. The second kappa shape index (κ2) is 7.97. The topological polar surface area (TPSA) is 115 Å². The predicted molar refractivity (Wildman–Crippen MR) is 118 cm³/mol. The minimum absolute atomic E-state index is 0.0473. The number of aldehydes is 2. The Labute approximate surface area is 183 Å². The molecule has 5 atom stereocenters. The van der Waals surface area contributed by atoms with Gasteiger partial charge in [-0.05, 0) is 75.0 Å². The maximum Gasteiger partial charge on any atom is 0.157 e. The Morgan fingerprint density at radius 1 is 1.06 bits per heavy atom. The lowest BCUT2D eigenvalue weighted by atomic mass is 9.49. The Morgan fingerprint density at radius 2 is 1.61 bits per heavy atom. The number of aliphatic hydroxyl groups is 1. The van der Waals surface area contributed by atoms with Gasteiger partial charge in [-0.1, -0.05) is 26.0 Å². The third kappa shape index (κ3) is 3.65. The number of benzene rings is 1. The first kappa shape index (κ1) is 23.3. The molecule has 0 saturated heterocycles. The molecule has 1 aromatic carbocycles. The van der Waals surface area contributed by atoms with E-state index in [1.807, 2.05) is 20.8 Å². The van der Waals surface area contributed by atoms with E-state index in [0.29, 0.717) is 12.6 Å². The first-order valence-corrected chi connectivity index (χ1v) is 11.0. The van der Waals surface area contributed by atoms with Crippen LogP contribution in [0.2, 0.25) is 0 Å². The van der Waals surface area contributed by atoms with Crippen LogP contribution in [0, 0.1) is 23.2 Å². The Balaban J connectivity index is 2.07. The van der Waals surface area contributed by atoms with Crippen LogP contribution in [0.5, 0.6) is 17.2 Å². The second-order valence-electron chi connectivity index (χ2n) is 10.3. The number of carbonyl (C=O) groups excluding carboxylic acids is 2. The van der Waals surface area contributed by atoms with Crippen molar-refractivity contribution in [3.05, 3.63) is 28.8 Å². The van der Waals surface area contributed by atoms with Crippen LogP contribution in [0.15, 0.2) is 12.2 Å². The highest BCUT2D eigenvalue weighted by molar-refractivity contribution is 5.94. The fourth-order valence-corrected chi connectivity index (χ4v) is 6.34. The van der Waals surface area contributed by atoms with Gasteiger partial charge in [-0.25, -0.2) is 0 Å². The lowest BCUT2D eigenvalue weighted by molar-refractivity contribution is -0.0631. The van der Waals surface area contributed by atoms with Crippen molar-refractivity contribution >= 4 is 12.6 Å². The molecule has 0 radical (unpaired) electrons. The smallest absolute Gasteiger partial charge is 0.157 e. The number of hydrogen-bond donors (Lipinski definition) is 4.